The van der Waals surface area contributed by atoms with Gasteiger partial charge in [-0.1, -0.05) is 246 Å². The van der Waals surface area contributed by atoms with Crippen molar-refractivity contribution in [3.63, 3.8) is 0 Å². The van der Waals surface area contributed by atoms with Crippen molar-refractivity contribution < 1.29 is 19.9 Å². The van der Waals surface area contributed by atoms with E-state index in [0.29, 0.717) is 0 Å². The topological polar surface area (TPSA) is 104 Å². The highest BCUT2D eigenvalue weighted by Crippen LogP contribution is 2.47. The van der Waals surface area contributed by atoms with E-state index in [1.807, 2.05) is 182 Å². The molecule has 0 unspecified atom stereocenters. The smallest absolute Gasteiger partial charge is 0.399 e. The summed E-state index contributed by atoms with van der Waals surface area (Å²) in [7, 11) is -6.27. The van der Waals surface area contributed by atoms with E-state index in [1.165, 1.54) is 40.3 Å². The van der Waals surface area contributed by atoms with Gasteiger partial charge in [-0.3, -0.25) is 9.97 Å². The quantitative estimate of drug-likeness (QED) is 0.0758. The Kier molecular flexibility index (Phi) is 17.6. The molecule has 1 aliphatic heterocycles. The van der Waals surface area contributed by atoms with Gasteiger partial charge in [0.25, 0.3) is 0 Å². The third kappa shape index (κ3) is 12.2. The predicted molar refractivity (Wildman–Crippen MR) is 447 cm³/mol. The Morgan fingerprint density at radius 1 is 0.356 bits per heavy atom. The highest BCUT2D eigenvalue weighted by Gasteiger charge is 2.52. The minimum Gasteiger partial charge on any atom is -0.399 e. The molecule has 0 radical (unpaired) electrons. The minimum atomic E-state index is -3.05. The van der Waals surface area contributed by atoms with E-state index in [2.05, 4.69) is 199 Å². The summed E-state index contributed by atoms with van der Waals surface area (Å²) in [6, 6.07) is 106. The standard InChI is InChI=1S/C42H27N2OPS.C30H25BN2O2S.C18H14BrOP.H2/c45-46(32-10-3-1-4-11-32,33-12-5-2-6-13-33)34-22-18-28(19-23-34)35-14-7-15-39-40(35)36-27-31(21-25-38(36)47-39)37-24-20-30-17-16-29-9-8-26-43-41(29)42(30)44-37;1-29(2)30(3,4)35-31(34-29)22-8-5-9-25-26(22)21-17-20(13-15-24(21)36-25)23-14-12-19-11-10-18-7-6-16-32-27(18)28(19)33-23;19-15-11-13-18(14-12-15)21(20,16-7-3-1-4-8-16)17-9-5-2-6-10-17;/h1-27H;5-17H,1-4H3;1-14H;1H/i;;;1+1. The Balaban J connectivity index is 0.000000129. The van der Waals surface area contributed by atoms with E-state index >= 15 is 0 Å². The third-order valence-electron chi connectivity index (χ3n) is 20.2. The van der Waals surface area contributed by atoms with Crippen molar-refractivity contribution in [2.45, 2.75) is 38.9 Å². The van der Waals surface area contributed by atoms with Gasteiger partial charge in [-0.05, 0) is 129 Å². The van der Waals surface area contributed by atoms with Crippen LogP contribution in [0.15, 0.2) is 332 Å². The first-order valence-electron chi connectivity index (χ1n) is 34.5. The second-order valence-electron chi connectivity index (χ2n) is 27.0. The fourth-order valence-corrected chi connectivity index (χ4v) is 21.9. The van der Waals surface area contributed by atoms with Crippen LogP contribution in [-0.2, 0) is 18.4 Å². The van der Waals surface area contributed by atoms with Crippen molar-refractivity contribution in [3.8, 4) is 33.6 Å². The number of aromatic nitrogens is 4. The van der Waals surface area contributed by atoms with E-state index in [0.717, 1.165) is 119 Å². The largest absolute Gasteiger partial charge is 0.495 e. The van der Waals surface area contributed by atoms with Crippen LogP contribution in [0.25, 0.3) is 118 Å². The van der Waals surface area contributed by atoms with E-state index in [1.54, 1.807) is 22.7 Å². The van der Waals surface area contributed by atoms with Gasteiger partial charge in [0.05, 0.1) is 44.7 Å². The number of hydrogen-bond donors (Lipinski definition) is 0. The SMILES string of the molecule is CC1(C)OB(c2cccc3sc4ccc(-c5ccc6ccc7cccnc7c6n5)cc4c23)OC1(C)C.O=P(c1ccccc1)(c1ccccc1)c1ccc(-c2cccc3sc4ccc(-c5ccc6ccc7cccnc7c6n5)cc4c23)cc1.O=P(c1ccccc1)(c1ccccc1)c1ccc(Br)cc1.[2HH]. The van der Waals surface area contributed by atoms with Gasteiger partial charge in [-0.25, -0.2) is 9.97 Å². The van der Waals surface area contributed by atoms with Crippen LogP contribution in [0.3, 0.4) is 0 Å². The van der Waals surface area contributed by atoms with Crippen molar-refractivity contribution in [3.05, 3.63) is 332 Å². The first-order valence-corrected chi connectivity index (χ1v) is 40.4. The maximum atomic E-state index is 14.9. The summed E-state index contributed by atoms with van der Waals surface area (Å²) < 4.78 is 47.7. The summed E-state index contributed by atoms with van der Waals surface area (Å²) in [5.41, 5.74) is 10.3. The van der Waals surface area contributed by atoms with Gasteiger partial charge in [0, 0.05) is 123 Å². The number of thiophene rings is 2. The van der Waals surface area contributed by atoms with Gasteiger partial charge in [0.15, 0.2) is 14.3 Å². The van der Waals surface area contributed by atoms with E-state index in [-0.39, 0.29) is 12.6 Å². The molecule has 7 heterocycles. The summed E-state index contributed by atoms with van der Waals surface area (Å²) >= 11 is 7.04. The first-order chi connectivity index (χ1) is 50.7. The van der Waals surface area contributed by atoms with Gasteiger partial charge >= 0.3 is 7.12 Å². The Labute approximate surface area is 621 Å². The van der Waals surface area contributed by atoms with Gasteiger partial charge in [-0.2, -0.15) is 0 Å². The first kappa shape index (κ1) is 66.9. The molecule has 6 aromatic heterocycles. The van der Waals surface area contributed by atoms with Crippen molar-refractivity contribution >= 4 is 181 Å². The molecule has 1 saturated heterocycles. The van der Waals surface area contributed by atoms with Crippen LogP contribution in [0.1, 0.15) is 29.1 Å². The van der Waals surface area contributed by atoms with Crippen LogP contribution in [0.5, 0.6) is 0 Å². The normalized spacial score (nSPS) is 13.6. The Morgan fingerprint density at radius 2 is 0.731 bits per heavy atom. The Hall–Kier alpha value is -10.4. The zero-order chi connectivity index (χ0) is 70.7. The molecule has 19 rings (SSSR count). The summed E-state index contributed by atoms with van der Waals surface area (Å²) in [5.74, 6) is 0. The number of hydrogen-bond acceptors (Lipinski definition) is 10. The molecule has 0 bridgehead atoms. The van der Waals surface area contributed by atoms with Crippen LogP contribution < -0.4 is 37.3 Å². The van der Waals surface area contributed by atoms with Gasteiger partial charge < -0.3 is 18.4 Å². The summed E-state index contributed by atoms with van der Waals surface area (Å²) in [6.45, 7) is 8.39. The summed E-state index contributed by atoms with van der Waals surface area (Å²) in [5, 5.41) is 14.3. The molecular weight excluding hydrogens is 1420 g/mol. The van der Waals surface area contributed by atoms with Crippen LogP contribution in [-0.4, -0.2) is 38.3 Å². The van der Waals surface area contributed by atoms with E-state index in [4.69, 9.17) is 19.3 Å². The highest BCUT2D eigenvalue weighted by molar-refractivity contribution is 9.10. The van der Waals surface area contributed by atoms with Crippen LogP contribution in [0, 0.1) is 0 Å². The predicted octanol–water partition coefficient (Wildman–Crippen LogP) is 21.6. The van der Waals surface area contributed by atoms with Gasteiger partial charge in [0.1, 0.15) is 0 Å². The number of benzene rings is 12. The molecule has 18 aromatic rings. The van der Waals surface area contributed by atoms with Crippen molar-refractivity contribution in [1.82, 2.24) is 19.9 Å². The van der Waals surface area contributed by atoms with Gasteiger partial charge in [0.2, 0.25) is 0 Å². The molecule has 0 spiro atoms. The molecular formula is C90H68BBrN4O4P2S2. The molecule has 104 heavy (non-hydrogen) atoms. The van der Waals surface area contributed by atoms with Crippen LogP contribution >= 0.6 is 52.9 Å². The van der Waals surface area contributed by atoms with Gasteiger partial charge in [-0.15, -0.1) is 22.7 Å². The highest BCUT2D eigenvalue weighted by atomic mass is 79.9. The number of fused-ring (bicyclic) bond motifs is 12. The molecule has 0 saturated carbocycles. The van der Waals surface area contributed by atoms with Crippen molar-refractivity contribution in [2.75, 3.05) is 0 Å². The second-order valence-corrected chi connectivity index (χ2v) is 35.6. The lowest BCUT2D eigenvalue weighted by Gasteiger charge is -2.32. The molecule has 8 nitrogen and oxygen atoms in total. The van der Waals surface area contributed by atoms with Crippen molar-refractivity contribution in [2.24, 2.45) is 0 Å². The molecule has 0 amide bonds. The molecule has 504 valence electrons. The molecule has 14 heteroatoms. The van der Waals surface area contributed by atoms with Crippen LogP contribution in [0.2, 0.25) is 0 Å². The molecule has 0 atom stereocenters. The average molecular weight is 1490 g/mol. The summed E-state index contributed by atoms with van der Waals surface area (Å²) in [4.78, 5) is 19.5. The molecule has 0 N–H and O–H groups in total. The lowest BCUT2D eigenvalue weighted by Crippen LogP contribution is -2.41. The fourth-order valence-electron chi connectivity index (χ4n) is 14.1. The molecule has 1 fully saturated rings. The summed E-state index contributed by atoms with van der Waals surface area (Å²) in [6.07, 6.45) is 3.66. The monoisotopic (exact) mass is 1490 g/mol. The maximum Gasteiger partial charge on any atom is 0.495 e. The van der Waals surface area contributed by atoms with E-state index in [9.17, 15) is 9.13 Å². The average Bonchev–Trinajstić information content (AvgIpc) is 1.65. The fraction of sp³-hybridized carbons (Fsp3) is 0.0667. The number of halogens is 1. The molecule has 0 aliphatic carbocycles. The number of pyridine rings is 4. The Bertz CT molecular complexity index is 6310. The zero-order valence-electron chi connectivity index (χ0n) is 57.3. The minimum absolute atomic E-state index is 0. The zero-order valence-corrected chi connectivity index (χ0v) is 62.3. The van der Waals surface area contributed by atoms with Crippen molar-refractivity contribution in [1.29, 1.82) is 0 Å². The lowest BCUT2D eigenvalue weighted by atomic mass is 9.76. The number of rotatable bonds is 10. The number of nitrogens with zero attached hydrogens (tertiary/aromatic N) is 4. The molecule has 12 aromatic carbocycles. The van der Waals surface area contributed by atoms with E-state index < -0.39 is 21.4 Å². The lowest BCUT2D eigenvalue weighted by molar-refractivity contribution is 0.00578. The maximum absolute atomic E-state index is 14.9. The second kappa shape index (κ2) is 27.4. The molecule has 1 aliphatic rings. The third-order valence-corrected chi connectivity index (χ3v) is 29.1. The van der Waals surface area contributed by atoms with Crippen LogP contribution in [0.4, 0.5) is 0 Å². The Morgan fingerprint density at radius 3 is 1.18 bits per heavy atom.